The van der Waals surface area contributed by atoms with E-state index in [1.54, 1.807) is 4.90 Å². The number of amides is 2. The van der Waals surface area contributed by atoms with Gasteiger partial charge in [-0.1, -0.05) is 0 Å². The van der Waals surface area contributed by atoms with Crippen LogP contribution in [-0.4, -0.2) is 55.1 Å². The number of rotatable bonds is 4. The van der Waals surface area contributed by atoms with Gasteiger partial charge in [0.1, 0.15) is 0 Å². The number of carbonyl (C=O) groups is 1. The number of likely N-dealkylation sites (N-methyl/N-ethyl adjacent to an activating group) is 1. The van der Waals surface area contributed by atoms with Crippen LogP contribution in [0.1, 0.15) is 12.8 Å². The minimum absolute atomic E-state index is 0.282. The highest BCUT2D eigenvalue weighted by atomic mass is 16.2. The molecule has 1 aliphatic heterocycles. The Morgan fingerprint density at radius 2 is 2.36 bits per heavy atom. The van der Waals surface area contributed by atoms with Crippen LogP contribution in [-0.2, 0) is 0 Å². The first-order chi connectivity index (χ1) is 6.65. The molecule has 0 aromatic rings. The summed E-state index contributed by atoms with van der Waals surface area (Å²) in [5.74, 6) is 0. The minimum atomic E-state index is -0.298. The Balaban J connectivity index is 2.39. The summed E-state index contributed by atoms with van der Waals surface area (Å²) in [6, 6.07) is -0.0160. The number of likely N-dealkylation sites (tertiary alicyclic amines) is 1. The molecule has 1 saturated heterocycles. The second-order valence-corrected chi connectivity index (χ2v) is 3.88. The molecule has 1 unspecified atom stereocenters. The Morgan fingerprint density at radius 1 is 1.64 bits per heavy atom. The number of nitrogens with two attached hydrogens (primary N) is 2. The van der Waals surface area contributed by atoms with Crippen molar-refractivity contribution in [2.75, 3.05) is 33.2 Å². The fourth-order valence-electron chi connectivity index (χ4n) is 1.99. The summed E-state index contributed by atoms with van der Waals surface area (Å²) in [6.07, 6.45) is 2.11. The van der Waals surface area contributed by atoms with Gasteiger partial charge in [-0.3, -0.25) is 0 Å². The van der Waals surface area contributed by atoms with Crippen LogP contribution < -0.4 is 11.5 Å². The van der Waals surface area contributed by atoms with Crippen molar-refractivity contribution in [3.8, 4) is 0 Å². The summed E-state index contributed by atoms with van der Waals surface area (Å²) in [5.41, 5.74) is 10.7. The number of urea groups is 1. The van der Waals surface area contributed by atoms with Gasteiger partial charge >= 0.3 is 6.03 Å². The number of nitrogens with zero attached hydrogens (tertiary/aromatic N) is 2. The highest BCUT2D eigenvalue weighted by Crippen LogP contribution is 2.17. The first-order valence-electron chi connectivity index (χ1n) is 5.10. The smallest absolute Gasteiger partial charge is 0.315 e. The molecule has 0 saturated carbocycles. The third-order valence-corrected chi connectivity index (χ3v) is 2.69. The van der Waals surface area contributed by atoms with E-state index in [1.165, 1.54) is 0 Å². The molecule has 1 fully saturated rings. The van der Waals surface area contributed by atoms with Crippen molar-refractivity contribution in [2.24, 2.45) is 11.5 Å². The monoisotopic (exact) mass is 200 g/mol. The maximum atomic E-state index is 11.1. The number of hydrogen-bond donors (Lipinski definition) is 2. The zero-order valence-corrected chi connectivity index (χ0v) is 8.78. The van der Waals surface area contributed by atoms with E-state index in [4.69, 9.17) is 11.5 Å². The zero-order chi connectivity index (χ0) is 10.6. The lowest BCUT2D eigenvalue weighted by molar-refractivity contribution is 0.184. The number of carbonyl (C=O) groups excluding carboxylic acids is 1. The highest BCUT2D eigenvalue weighted by Gasteiger charge is 2.27. The topological polar surface area (TPSA) is 75.6 Å². The lowest BCUT2D eigenvalue weighted by atomic mass is 10.2. The third-order valence-electron chi connectivity index (χ3n) is 2.69. The van der Waals surface area contributed by atoms with E-state index in [2.05, 4.69) is 4.90 Å². The average molecular weight is 200 g/mol. The van der Waals surface area contributed by atoms with Crippen molar-refractivity contribution < 1.29 is 4.79 Å². The maximum absolute atomic E-state index is 11.1. The molecule has 1 aliphatic rings. The molecule has 0 radical (unpaired) electrons. The van der Waals surface area contributed by atoms with Crippen LogP contribution in [0, 0.1) is 0 Å². The van der Waals surface area contributed by atoms with Crippen LogP contribution >= 0.6 is 0 Å². The summed E-state index contributed by atoms with van der Waals surface area (Å²) < 4.78 is 0. The van der Waals surface area contributed by atoms with Gasteiger partial charge in [-0.15, -0.1) is 0 Å². The van der Waals surface area contributed by atoms with Crippen LogP contribution in [0.5, 0.6) is 0 Å². The fraction of sp³-hybridized carbons (Fsp3) is 0.889. The van der Waals surface area contributed by atoms with E-state index in [9.17, 15) is 4.79 Å². The van der Waals surface area contributed by atoms with Gasteiger partial charge in [-0.05, 0) is 19.9 Å². The van der Waals surface area contributed by atoms with Crippen molar-refractivity contribution in [1.82, 2.24) is 9.80 Å². The van der Waals surface area contributed by atoms with Crippen LogP contribution in [0.15, 0.2) is 0 Å². The van der Waals surface area contributed by atoms with E-state index in [0.29, 0.717) is 6.54 Å². The van der Waals surface area contributed by atoms with Gasteiger partial charge in [0.05, 0.1) is 0 Å². The summed E-state index contributed by atoms with van der Waals surface area (Å²) in [4.78, 5) is 15.0. The molecule has 2 amide bonds. The van der Waals surface area contributed by atoms with Gasteiger partial charge in [0.2, 0.25) is 0 Å². The molecule has 82 valence electrons. The number of hydrogen-bond acceptors (Lipinski definition) is 3. The van der Waals surface area contributed by atoms with Crippen molar-refractivity contribution in [3.05, 3.63) is 0 Å². The molecule has 0 aromatic heterocycles. The van der Waals surface area contributed by atoms with Gasteiger partial charge < -0.3 is 21.3 Å². The van der Waals surface area contributed by atoms with Gasteiger partial charge in [0.25, 0.3) is 0 Å². The van der Waals surface area contributed by atoms with Crippen LogP contribution in [0.3, 0.4) is 0 Å². The van der Waals surface area contributed by atoms with Crippen LogP contribution in [0.2, 0.25) is 0 Å². The van der Waals surface area contributed by atoms with E-state index < -0.39 is 0 Å². The molecule has 0 bridgehead atoms. The van der Waals surface area contributed by atoms with Crippen molar-refractivity contribution in [2.45, 2.75) is 18.9 Å². The predicted octanol–water partition coefficient (Wildman–Crippen LogP) is -0.580. The van der Waals surface area contributed by atoms with E-state index in [0.717, 1.165) is 32.5 Å². The summed E-state index contributed by atoms with van der Waals surface area (Å²) in [6.45, 7) is 3.19. The van der Waals surface area contributed by atoms with Crippen molar-refractivity contribution in [3.63, 3.8) is 0 Å². The molecular formula is C9H20N4O. The lowest BCUT2D eigenvalue weighted by Crippen LogP contribution is -2.45. The molecule has 5 nitrogen and oxygen atoms in total. The van der Waals surface area contributed by atoms with Crippen molar-refractivity contribution >= 4 is 6.03 Å². The largest absolute Gasteiger partial charge is 0.351 e. The minimum Gasteiger partial charge on any atom is -0.351 e. The first-order valence-corrected chi connectivity index (χ1v) is 5.10. The Labute approximate surface area is 85.0 Å². The van der Waals surface area contributed by atoms with Gasteiger partial charge in [0, 0.05) is 32.2 Å². The molecule has 1 heterocycles. The zero-order valence-electron chi connectivity index (χ0n) is 8.78. The van der Waals surface area contributed by atoms with Gasteiger partial charge in [-0.2, -0.15) is 0 Å². The van der Waals surface area contributed by atoms with Gasteiger partial charge in [0.15, 0.2) is 0 Å². The molecule has 0 aliphatic carbocycles. The second kappa shape index (κ2) is 5.17. The Kier molecular flexibility index (Phi) is 4.16. The van der Waals surface area contributed by atoms with E-state index in [-0.39, 0.29) is 12.1 Å². The standard InChI is InChI=1S/C9H20N4O/c1-12(6-4-10)7-8-3-2-5-13(8)9(11)14/h8H,2-7,10H2,1H3,(H2,11,14). The van der Waals surface area contributed by atoms with Crippen LogP contribution in [0.4, 0.5) is 4.79 Å². The van der Waals surface area contributed by atoms with E-state index >= 15 is 0 Å². The fourth-order valence-corrected chi connectivity index (χ4v) is 1.99. The van der Waals surface area contributed by atoms with Gasteiger partial charge in [-0.25, -0.2) is 4.79 Å². The molecule has 0 aromatic carbocycles. The molecular weight excluding hydrogens is 180 g/mol. The first kappa shape index (κ1) is 11.3. The molecule has 1 rings (SSSR count). The summed E-state index contributed by atoms with van der Waals surface area (Å²) in [5, 5.41) is 0. The quantitative estimate of drug-likeness (QED) is 0.637. The SMILES string of the molecule is CN(CCN)CC1CCCN1C(N)=O. The molecule has 14 heavy (non-hydrogen) atoms. The average Bonchev–Trinajstić information content (AvgIpc) is 2.52. The normalized spacial score (nSPS) is 21.9. The Bertz CT molecular complexity index is 197. The molecule has 0 spiro atoms. The second-order valence-electron chi connectivity index (χ2n) is 3.88. The Morgan fingerprint density at radius 3 is 2.93 bits per heavy atom. The molecule has 5 heteroatoms. The lowest BCUT2D eigenvalue weighted by Gasteiger charge is -2.27. The summed E-state index contributed by atoms with van der Waals surface area (Å²) >= 11 is 0. The summed E-state index contributed by atoms with van der Waals surface area (Å²) in [7, 11) is 2.02. The molecule has 1 atom stereocenters. The number of primary amides is 1. The third kappa shape index (κ3) is 2.85. The van der Waals surface area contributed by atoms with E-state index in [1.807, 2.05) is 7.05 Å². The Hall–Kier alpha value is -0.810. The predicted molar refractivity (Wildman–Crippen MR) is 55.9 cm³/mol. The van der Waals surface area contributed by atoms with Crippen LogP contribution in [0.25, 0.3) is 0 Å². The maximum Gasteiger partial charge on any atom is 0.315 e. The highest BCUT2D eigenvalue weighted by molar-refractivity contribution is 5.72. The molecule has 4 N–H and O–H groups in total. The van der Waals surface area contributed by atoms with Crippen molar-refractivity contribution in [1.29, 1.82) is 0 Å².